The number of nitrogens with zero attached hydrogens (tertiary/aromatic N) is 3. The second kappa shape index (κ2) is 8.21. The van der Waals surface area contributed by atoms with Gasteiger partial charge in [-0.25, -0.2) is 14.8 Å². The van der Waals surface area contributed by atoms with Gasteiger partial charge in [-0.15, -0.1) is 0 Å². The van der Waals surface area contributed by atoms with Crippen molar-refractivity contribution in [2.45, 2.75) is 24.9 Å². The molecule has 1 fully saturated rings. The number of hydrogen-bond acceptors (Lipinski definition) is 4. The number of anilines is 1. The fourth-order valence-corrected chi connectivity index (χ4v) is 3.45. The second-order valence-corrected chi connectivity index (χ2v) is 7.14. The molecule has 0 radical (unpaired) electrons. The molecular weight excluding hydrogens is 399 g/mol. The Morgan fingerprint density at radius 1 is 1.27 bits per heavy atom. The van der Waals surface area contributed by atoms with Gasteiger partial charge in [0.25, 0.3) is 0 Å². The van der Waals surface area contributed by atoms with Crippen LogP contribution in [0.4, 0.5) is 23.7 Å². The van der Waals surface area contributed by atoms with Crippen molar-refractivity contribution >= 4 is 22.8 Å². The number of halogens is 3. The number of benzene rings is 1. The van der Waals surface area contributed by atoms with Gasteiger partial charge in [0, 0.05) is 25.1 Å². The van der Waals surface area contributed by atoms with Crippen LogP contribution in [-0.2, 0) is 0 Å². The number of likely N-dealkylation sites (tertiary alicyclic amines) is 1. The summed E-state index contributed by atoms with van der Waals surface area (Å²) in [7, 11) is 0. The lowest BCUT2D eigenvalue weighted by Crippen LogP contribution is -2.41. The maximum Gasteiger partial charge on any atom is 0.422 e. The highest BCUT2D eigenvalue weighted by atomic mass is 19.4. The molecule has 0 spiro atoms. The number of para-hydroxylation sites is 2. The zero-order valence-electron chi connectivity index (χ0n) is 15.9. The number of aromatic amines is 1. The third kappa shape index (κ3) is 4.81. The van der Waals surface area contributed by atoms with Gasteiger partial charge in [-0.3, -0.25) is 0 Å². The number of carbonyl (C=O) groups excluding carboxylic acids is 1. The van der Waals surface area contributed by atoms with E-state index in [-0.39, 0.29) is 17.8 Å². The molecule has 10 heteroatoms. The van der Waals surface area contributed by atoms with Gasteiger partial charge < -0.3 is 19.9 Å². The largest absolute Gasteiger partial charge is 0.468 e. The lowest BCUT2D eigenvalue weighted by molar-refractivity contribution is -0.154. The molecule has 3 aromatic rings. The molecule has 0 unspecified atom stereocenters. The number of carbonyl (C=O) groups is 1. The molecule has 158 valence electrons. The van der Waals surface area contributed by atoms with E-state index < -0.39 is 12.8 Å². The molecule has 0 saturated carbocycles. The summed E-state index contributed by atoms with van der Waals surface area (Å²) in [6, 6.07) is 10.2. The highest BCUT2D eigenvalue weighted by Gasteiger charge is 2.29. The Morgan fingerprint density at radius 2 is 2.10 bits per heavy atom. The zero-order chi connectivity index (χ0) is 21.1. The number of urea groups is 1. The number of ether oxygens (including phenoxy) is 1. The van der Waals surface area contributed by atoms with E-state index in [4.69, 9.17) is 0 Å². The molecule has 2 N–H and O–H groups in total. The van der Waals surface area contributed by atoms with Crippen LogP contribution in [0.3, 0.4) is 0 Å². The van der Waals surface area contributed by atoms with Gasteiger partial charge in [0.05, 0.1) is 22.9 Å². The van der Waals surface area contributed by atoms with Gasteiger partial charge in [-0.2, -0.15) is 13.2 Å². The summed E-state index contributed by atoms with van der Waals surface area (Å²) in [4.78, 5) is 26.1. The van der Waals surface area contributed by atoms with Crippen LogP contribution in [0, 0.1) is 0 Å². The van der Waals surface area contributed by atoms with E-state index in [1.54, 1.807) is 4.90 Å². The smallest absolute Gasteiger partial charge is 0.422 e. The van der Waals surface area contributed by atoms with Crippen LogP contribution in [0.2, 0.25) is 0 Å². The number of imidazole rings is 1. The van der Waals surface area contributed by atoms with E-state index in [1.807, 2.05) is 24.3 Å². The van der Waals surface area contributed by atoms with Gasteiger partial charge >= 0.3 is 12.2 Å². The Hall–Kier alpha value is -3.30. The average molecular weight is 419 g/mol. The van der Waals surface area contributed by atoms with Gasteiger partial charge in [-0.1, -0.05) is 12.1 Å². The van der Waals surface area contributed by atoms with Gasteiger partial charge in [-0.05, 0) is 31.0 Å². The van der Waals surface area contributed by atoms with Crippen molar-refractivity contribution in [2.24, 2.45) is 0 Å². The lowest BCUT2D eigenvalue weighted by atomic mass is 9.97. The summed E-state index contributed by atoms with van der Waals surface area (Å²) in [5.41, 5.74) is 2.24. The number of aromatic nitrogens is 3. The molecule has 30 heavy (non-hydrogen) atoms. The summed E-state index contributed by atoms with van der Waals surface area (Å²) in [6.45, 7) is -0.280. The Kier molecular flexibility index (Phi) is 5.47. The molecule has 1 atom stereocenters. The first-order chi connectivity index (χ1) is 14.4. The molecule has 4 rings (SSSR count). The molecule has 1 aliphatic heterocycles. The molecule has 2 amide bonds. The lowest BCUT2D eigenvalue weighted by Gasteiger charge is -2.31. The number of amides is 2. The first kappa shape index (κ1) is 20.0. The fraction of sp³-hybridized carbons (Fsp3) is 0.350. The van der Waals surface area contributed by atoms with Gasteiger partial charge in [0.1, 0.15) is 5.82 Å². The molecule has 1 aromatic carbocycles. The minimum absolute atomic E-state index is 0.105. The van der Waals surface area contributed by atoms with E-state index in [0.29, 0.717) is 18.8 Å². The van der Waals surface area contributed by atoms with E-state index >= 15 is 0 Å². The van der Waals surface area contributed by atoms with Crippen molar-refractivity contribution in [2.75, 3.05) is 25.0 Å². The zero-order valence-corrected chi connectivity index (χ0v) is 15.9. The van der Waals surface area contributed by atoms with E-state index in [0.717, 1.165) is 29.7 Å². The van der Waals surface area contributed by atoms with Crippen molar-refractivity contribution in [1.29, 1.82) is 0 Å². The number of pyridine rings is 1. The van der Waals surface area contributed by atoms with Crippen molar-refractivity contribution in [3.05, 3.63) is 48.4 Å². The summed E-state index contributed by atoms with van der Waals surface area (Å²) >= 11 is 0. The molecular formula is C20H20F3N5O2. The van der Waals surface area contributed by atoms with Crippen LogP contribution in [0.5, 0.6) is 5.88 Å². The first-order valence-electron chi connectivity index (χ1n) is 9.53. The molecule has 2 aromatic heterocycles. The van der Waals surface area contributed by atoms with Crippen molar-refractivity contribution in [3.63, 3.8) is 0 Å². The monoisotopic (exact) mass is 419 g/mol. The Labute approximate surface area is 170 Å². The van der Waals surface area contributed by atoms with Crippen molar-refractivity contribution < 1.29 is 22.7 Å². The molecule has 0 bridgehead atoms. The Balaban J connectivity index is 1.36. The van der Waals surface area contributed by atoms with Crippen molar-refractivity contribution in [3.8, 4) is 5.88 Å². The van der Waals surface area contributed by atoms with Crippen LogP contribution < -0.4 is 10.1 Å². The maximum absolute atomic E-state index is 12.6. The summed E-state index contributed by atoms with van der Waals surface area (Å²) in [5, 5.41) is 2.73. The van der Waals surface area contributed by atoms with Crippen LogP contribution >= 0.6 is 0 Å². The highest BCUT2D eigenvalue weighted by Crippen LogP contribution is 2.27. The van der Waals surface area contributed by atoms with Gasteiger partial charge in [0.15, 0.2) is 6.61 Å². The molecule has 7 nitrogen and oxygen atoms in total. The number of rotatable bonds is 4. The topological polar surface area (TPSA) is 83.1 Å². The number of H-pyrrole nitrogens is 1. The predicted octanol–water partition coefficient (Wildman–Crippen LogP) is 4.31. The number of hydrogen-bond donors (Lipinski definition) is 2. The fourth-order valence-electron chi connectivity index (χ4n) is 3.45. The molecule has 1 saturated heterocycles. The molecule has 0 aliphatic carbocycles. The van der Waals surface area contributed by atoms with Crippen LogP contribution in [0.1, 0.15) is 24.6 Å². The average Bonchev–Trinajstić information content (AvgIpc) is 3.17. The minimum atomic E-state index is -4.43. The Bertz CT molecular complexity index is 986. The number of alkyl halides is 3. The van der Waals surface area contributed by atoms with Crippen LogP contribution in [0.25, 0.3) is 11.0 Å². The molecule has 3 heterocycles. The summed E-state index contributed by atoms with van der Waals surface area (Å²) < 4.78 is 41.1. The third-order valence-corrected chi connectivity index (χ3v) is 4.87. The number of piperidine rings is 1. The summed E-state index contributed by atoms with van der Waals surface area (Å²) in [6.07, 6.45) is -1.39. The minimum Gasteiger partial charge on any atom is -0.468 e. The molecule has 1 aliphatic rings. The van der Waals surface area contributed by atoms with Crippen molar-refractivity contribution in [1.82, 2.24) is 19.9 Å². The highest BCUT2D eigenvalue weighted by molar-refractivity contribution is 5.89. The van der Waals surface area contributed by atoms with E-state index in [2.05, 4.69) is 25.0 Å². The van der Waals surface area contributed by atoms with Crippen LogP contribution in [-0.4, -0.2) is 51.8 Å². The van der Waals surface area contributed by atoms with E-state index in [9.17, 15) is 18.0 Å². The number of fused-ring (bicyclic) bond motifs is 1. The van der Waals surface area contributed by atoms with Gasteiger partial charge in [0.2, 0.25) is 5.88 Å². The maximum atomic E-state index is 12.6. The number of nitrogens with one attached hydrogen (secondary N) is 2. The van der Waals surface area contributed by atoms with Crippen LogP contribution in [0.15, 0.2) is 42.6 Å². The summed E-state index contributed by atoms with van der Waals surface area (Å²) in [5.74, 6) is 0.808. The second-order valence-electron chi connectivity index (χ2n) is 7.14. The first-order valence-corrected chi connectivity index (χ1v) is 9.53. The normalized spacial score (nSPS) is 17.2. The van der Waals surface area contributed by atoms with E-state index in [1.165, 1.54) is 18.3 Å². The standard InChI is InChI=1S/C20H20F3N5O2/c21-20(22,23)12-30-17-8-7-14(10-24-17)25-19(29)28-9-3-4-13(11-28)18-26-15-5-1-2-6-16(15)27-18/h1-2,5-8,10,13H,3-4,9,11-12H2,(H,25,29)(H,26,27)/t13-/m1/s1. The SMILES string of the molecule is O=C(Nc1ccc(OCC(F)(F)F)nc1)N1CCC[C@@H](c2nc3ccccc3[nH]2)C1. The quantitative estimate of drug-likeness (QED) is 0.660. The Morgan fingerprint density at radius 3 is 2.83 bits per heavy atom. The third-order valence-electron chi connectivity index (χ3n) is 4.87. The predicted molar refractivity (Wildman–Crippen MR) is 104 cm³/mol.